The van der Waals surface area contributed by atoms with Crippen LogP contribution in [0, 0.1) is 5.92 Å². The first-order valence-electron chi connectivity index (χ1n) is 6.83. The van der Waals surface area contributed by atoms with Gasteiger partial charge in [-0.3, -0.25) is 0 Å². The fourth-order valence-electron chi connectivity index (χ4n) is 2.34. The normalized spacial score (nSPS) is 24.1. The predicted molar refractivity (Wildman–Crippen MR) is 79.1 cm³/mol. The SMILES string of the molecule is CCC(CCBr)CNS(=O)(=O)N1CCCCC1C. The molecule has 108 valence electrons. The van der Waals surface area contributed by atoms with Crippen molar-refractivity contribution in [2.24, 2.45) is 5.92 Å². The van der Waals surface area contributed by atoms with E-state index in [4.69, 9.17) is 0 Å². The zero-order valence-corrected chi connectivity index (χ0v) is 13.8. The van der Waals surface area contributed by atoms with E-state index in [-0.39, 0.29) is 6.04 Å². The van der Waals surface area contributed by atoms with Crippen LogP contribution < -0.4 is 4.72 Å². The van der Waals surface area contributed by atoms with Crippen molar-refractivity contribution >= 4 is 26.1 Å². The Morgan fingerprint density at radius 1 is 1.44 bits per heavy atom. The molecule has 0 bridgehead atoms. The van der Waals surface area contributed by atoms with Crippen LogP contribution >= 0.6 is 15.9 Å². The number of rotatable bonds is 7. The van der Waals surface area contributed by atoms with E-state index in [1.807, 2.05) is 6.92 Å². The summed E-state index contributed by atoms with van der Waals surface area (Å²) in [5, 5.41) is 0.924. The van der Waals surface area contributed by atoms with Gasteiger partial charge in [-0.15, -0.1) is 0 Å². The van der Waals surface area contributed by atoms with Gasteiger partial charge in [0.2, 0.25) is 0 Å². The molecule has 1 aliphatic heterocycles. The minimum absolute atomic E-state index is 0.132. The van der Waals surface area contributed by atoms with Crippen LogP contribution in [-0.4, -0.2) is 37.2 Å². The summed E-state index contributed by atoms with van der Waals surface area (Å²) < 4.78 is 28.8. The topological polar surface area (TPSA) is 49.4 Å². The molecule has 1 N–H and O–H groups in total. The van der Waals surface area contributed by atoms with E-state index >= 15 is 0 Å². The van der Waals surface area contributed by atoms with Gasteiger partial charge in [-0.25, -0.2) is 4.72 Å². The number of alkyl halides is 1. The molecule has 0 radical (unpaired) electrons. The molecule has 0 aromatic rings. The first kappa shape index (κ1) is 16.4. The molecular formula is C12H25BrN2O2S. The van der Waals surface area contributed by atoms with E-state index in [2.05, 4.69) is 27.6 Å². The second kappa shape index (κ2) is 7.82. The van der Waals surface area contributed by atoms with Crippen molar-refractivity contribution in [3.63, 3.8) is 0 Å². The second-order valence-electron chi connectivity index (χ2n) is 5.06. The third kappa shape index (κ3) is 4.79. The first-order chi connectivity index (χ1) is 8.51. The van der Waals surface area contributed by atoms with E-state index in [0.717, 1.165) is 37.4 Å². The van der Waals surface area contributed by atoms with Crippen molar-refractivity contribution < 1.29 is 8.42 Å². The van der Waals surface area contributed by atoms with Gasteiger partial charge < -0.3 is 0 Å². The van der Waals surface area contributed by atoms with Crippen LogP contribution in [0.15, 0.2) is 0 Å². The number of piperidine rings is 1. The molecule has 0 aromatic carbocycles. The van der Waals surface area contributed by atoms with Gasteiger partial charge in [-0.2, -0.15) is 12.7 Å². The largest absolute Gasteiger partial charge is 0.279 e. The minimum atomic E-state index is -3.29. The van der Waals surface area contributed by atoms with Gasteiger partial charge in [0.1, 0.15) is 0 Å². The highest BCUT2D eigenvalue weighted by atomic mass is 79.9. The molecule has 1 saturated heterocycles. The summed E-state index contributed by atoms with van der Waals surface area (Å²) in [6.07, 6.45) is 5.09. The molecule has 2 unspecified atom stereocenters. The lowest BCUT2D eigenvalue weighted by atomic mass is 10.0. The summed E-state index contributed by atoms with van der Waals surface area (Å²) in [6, 6.07) is 0.132. The molecule has 4 nitrogen and oxygen atoms in total. The maximum atomic E-state index is 12.2. The Morgan fingerprint density at radius 2 is 2.17 bits per heavy atom. The first-order valence-corrected chi connectivity index (χ1v) is 9.39. The highest BCUT2D eigenvalue weighted by molar-refractivity contribution is 9.09. The molecule has 1 fully saturated rings. The summed E-state index contributed by atoms with van der Waals surface area (Å²) in [5.74, 6) is 0.416. The molecule has 6 heteroatoms. The molecule has 2 atom stereocenters. The Hall–Kier alpha value is 0.350. The standard InChI is InChI=1S/C12H25BrN2O2S/c1-3-12(7-8-13)10-14-18(16,17)15-9-5-4-6-11(15)2/h11-12,14H,3-10H2,1-2H3. The van der Waals surface area contributed by atoms with Gasteiger partial charge in [0, 0.05) is 24.5 Å². The zero-order chi connectivity index (χ0) is 13.6. The van der Waals surface area contributed by atoms with E-state index < -0.39 is 10.2 Å². The van der Waals surface area contributed by atoms with Gasteiger partial charge >= 0.3 is 0 Å². The second-order valence-corrected chi connectivity index (χ2v) is 7.56. The fraction of sp³-hybridized carbons (Fsp3) is 1.00. The van der Waals surface area contributed by atoms with Gasteiger partial charge in [0.05, 0.1) is 0 Å². The lowest BCUT2D eigenvalue weighted by Gasteiger charge is -2.32. The van der Waals surface area contributed by atoms with Crippen LogP contribution in [0.4, 0.5) is 0 Å². The smallest absolute Gasteiger partial charge is 0.202 e. The number of hydrogen-bond donors (Lipinski definition) is 1. The molecule has 0 saturated carbocycles. The monoisotopic (exact) mass is 340 g/mol. The Labute approximate surface area is 120 Å². The average molecular weight is 341 g/mol. The summed E-state index contributed by atoms with van der Waals surface area (Å²) in [7, 11) is -3.29. The molecule has 1 aliphatic rings. The molecule has 0 spiro atoms. The van der Waals surface area contributed by atoms with Crippen molar-refractivity contribution in [1.82, 2.24) is 9.03 Å². The zero-order valence-electron chi connectivity index (χ0n) is 11.4. The number of nitrogens with one attached hydrogen (secondary N) is 1. The lowest BCUT2D eigenvalue weighted by Crippen LogP contribution is -2.48. The molecular weight excluding hydrogens is 316 g/mol. The Balaban J connectivity index is 2.52. The van der Waals surface area contributed by atoms with Crippen LogP contribution in [0.25, 0.3) is 0 Å². The van der Waals surface area contributed by atoms with Crippen molar-refractivity contribution in [2.75, 3.05) is 18.4 Å². The van der Waals surface area contributed by atoms with Crippen LogP contribution in [-0.2, 0) is 10.2 Å². The van der Waals surface area contributed by atoms with E-state index in [0.29, 0.717) is 19.0 Å². The summed E-state index contributed by atoms with van der Waals surface area (Å²) in [6.45, 7) is 5.30. The van der Waals surface area contributed by atoms with Crippen LogP contribution in [0.1, 0.15) is 46.0 Å². The van der Waals surface area contributed by atoms with E-state index in [9.17, 15) is 8.42 Å². The third-order valence-electron chi connectivity index (χ3n) is 3.70. The van der Waals surface area contributed by atoms with Crippen molar-refractivity contribution in [3.8, 4) is 0 Å². The van der Waals surface area contributed by atoms with E-state index in [1.54, 1.807) is 4.31 Å². The van der Waals surface area contributed by atoms with Crippen molar-refractivity contribution in [3.05, 3.63) is 0 Å². The minimum Gasteiger partial charge on any atom is -0.202 e. The van der Waals surface area contributed by atoms with Gasteiger partial charge in [-0.05, 0) is 32.1 Å². The molecule has 0 aromatic heterocycles. The quantitative estimate of drug-likeness (QED) is 0.724. The lowest BCUT2D eigenvalue weighted by molar-refractivity contribution is 0.264. The summed E-state index contributed by atoms with van der Waals surface area (Å²) in [4.78, 5) is 0. The average Bonchev–Trinajstić information content (AvgIpc) is 2.34. The number of halogens is 1. The van der Waals surface area contributed by atoms with Gasteiger partial charge in [0.25, 0.3) is 10.2 Å². The van der Waals surface area contributed by atoms with Crippen LogP contribution in [0.2, 0.25) is 0 Å². The van der Waals surface area contributed by atoms with Crippen LogP contribution in [0.5, 0.6) is 0 Å². The van der Waals surface area contributed by atoms with Gasteiger partial charge in [-0.1, -0.05) is 35.7 Å². The maximum absolute atomic E-state index is 12.2. The van der Waals surface area contributed by atoms with Crippen LogP contribution in [0.3, 0.4) is 0 Å². The Morgan fingerprint density at radius 3 is 2.72 bits per heavy atom. The Bertz CT molecular complexity index is 335. The highest BCUT2D eigenvalue weighted by Crippen LogP contribution is 2.19. The maximum Gasteiger partial charge on any atom is 0.279 e. The Kier molecular flexibility index (Phi) is 7.13. The molecule has 0 aliphatic carbocycles. The fourth-order valence-corrected chi connectivity index (χ4v) is 4.55. The number of hydrogen-bond acceptors (Lipinski definition) is 2. The highest BCUT2D eigenvalue weighted by Gasteiger charge is 2.29. The summed E-state index contributed by atoms with van der Waals surface area (Å²) in [5.41, 5.74) is 0. The third-order valence-corrected chi connectivity index (χ3v) is 5.85. The number of nitrogens with zero attached hydrogens (tertiary/aromatic N) is 1. The molecule has 18 heavy (non-hydrogen) atoms. The molecule has 0 amide bonds. The van der Waals surface area contributed by atoms with E-state index in [1.165, 1.54) is 0 Å². The van der Waals surface area contributed by atoms with Crippen molar-refractivity contribution in [2.45, 2.75) is 52.0 Å². The predicted octanol–water partition coefficient (Wildman–Crippen LogP) is 2.51. The van der Waals surface area contributed by atoms with Crippen molar-refractivity contribution in [1.29, 1.82) is 0 Å². The molecule has 1 heterocycles. The summed E-state index contributed by atoms with van der Waals surface area (Å²) >= 11 is 3.41. The molecule has 1 rings (SSSR count). The van der Waals surface area contributed by atoms with Gasteiger partial charge in [0.15, 0.2) is 0 Å².